The smallest absolute Gasteiger partial charge is 0.307 e. The lowest BCUT2D eigenvalue weighted by Crippen LogP contribution is -2.09. The number of hydrogen-bond acceptors (Lipinski definition) is 5. The van der Waals surface area contributed by atoms with Gasteiger partial charge in [0.2, 0.25) is 0 Å². The Hall–Kier alpha value is -1.10. The fourth-order valence-electron chi connectivity index (χ4n) is 0.684. The molecule has 0 aliphatic rings. The van der Waals surface area contributed by atoms with Gasteiger partial charge in [-0.3, -0.25) is 4.79 Å². The Morgan fingerprint density at radius 1 is 1.83 bits per heavy atom. The third-order valence-corrected chi connectivity index (χ3v) is 2.00. The van der Waals surface area contributed by atoms with Crippen molar-refractivity contribution in [3.63, 3.8) is 0 Å². The number of anilines is 1. The van der Waals surface area contributed by atoms with Crippen molar-refractivity contribution >= 4 is 22.4 Å². The van der Waals surface area contributed by atoms with Crippen LogP contribution < -0.4 is 5.32 Å². The number of ether oxygens (including phenoxy) is 1. The highest BCUT2D eigenvalue weighted by Crippen LogP contribution is 2.09. The number of methoxy groups -OCH3 is 1. The fraction of sp³-hybridized carbons (Fsp3) is 0.429. The Morgan fingerprint density at radius 3 is 3.25 bits per heavy atom. The molecule has 1 aromatic heterocycles. The third-order valence-electron chi connectivity index (χ3n) is 1.27. The number of rotatable bonds is 4. The molecule has 0 aliphatic carbocycles. The highest BCUT2D eigenvalue weighted by atomic mass is 32.1. The molecule has 0 aliphatic heterocycles. The summed E-state index contributed by atoms with van der Waals surface area (Å²) in [7, 11) is 1.38. The monoisotopic (exact) mass is 186 g/mol. The number of nitrogens with one attached hydrogen (secondary N) is 1. The molecule has 0 bridgehead atoms. The fourth-order valence-corrected chi connectivity index (χ4v) is 1.24. The zero-order valence-corrected chi connectivity index (χ0v) is 7.56. The lowest BCUT2D eigenvalue weighted by Gasteiger charge is -1.99. The van der Waals surface area contributed by atoms with Gasteiger partial charge in [0.25, 0.3) is 0 Å². The second-order valence-electron chi connectivity index (χ2n) is 2.09. The zero-order chi connectivity index (χ0) is 8.81. The molecule has 0 aromatic carbocycles. The standard InChI is InChI=1S/C7H10N2O2S/c1-11-6(10)2-3-8-7-9-4-5-12-7/h4-5H,2-3H2,1H3,(H,8,9). The van der Waals surface area contributed by atoms with E-state index in [1.54, 1.807) is 6.20 Å². The van der Waals surface area contributed by atoms with E-state index in [1.807, 2.05) is 5.38 Å². The molecule has 5 heteroatoms. The average Bonchev–Trinajstić information content (AvgIpc) is 2.57. The molecule has 0 amide bonds. The van der Waals surface area contributed by atoms with Crippen LogP contribution in [0.3, 0.4) is 0 Å². The summed E-state index contributed by atoms with van der Waals surface area (Å²) >= 11 is 1.51. The average molecular weight is 186 g/mol. The van der Waals surface area contributed by atoms with Crippen LogP contribution in [0.25, 0.3) is 0 Å². The lowest BCUT2D eigenvalue weighted by molar-refractivity contribution is -0.140. The molecule has 1 aromatic rings. The summed E-state index contributed by atoms with van der Waals surface area (Å²) in [6.07, 6.45) is 2.08. The summed E-state index contributed by atoms with van der Waals surface area (Å²) in [4.78, 5) is 14.7. The summed E-state index contributed by atoms with van der Waals surface area (Å²) in [6, 6.07) is 0. The number of carbonyl (C=O) groups is 1. The minimum atomic E-state index is -0.209. The Bertz CT molecular complexity index is 236. The quantitative estimate of drug-likeness (QED) is 0.716. The topological polar surface area (TPSA) is 51.2 Å². The van der Waals surface area contributed by atoms with Gasteiger partial charge >= 0.3 is 5.97 Å². The molecule has 4 nitrogen and oxygen atoms in total. The highest BCUT2D eigenvalue weighted by molar-refractivity contribution is 7.13. The minimum Gasteiger partial charge on any atom is -0.469 e. The minimum absolute atomic E-state index is 0.209. The number of esters is 1. The predicted molar refractivity (Wildman–Crippen MR) is 47.2 cm³/mol. The van der Waals surface area contributed by atoms with Crippen LogP contribution in [-0.4, -0.2) is 24.6 Å². The van der Waals surface area contributed by atoms with Crippen LogP contribution in [0.5, 0.6) is 0 Å². The van der Waals surface area contributed by atoms with E-state index in [2.05, 4.69) is 15.0 Å². The molecular weight excluding hydrogens is 176 g/mol. The van der Waals surface area contributed by atoms with E-state index < -0.39 is 0 Å². The molecule has 1 rings (SSSR count). The van der Waals surface area contributed by atoms with Crippen molar-refractivity contribution in [2.45, 2.75) is 6.42 Å². The zero-order valence-electron chi connectivity index (χ0n) is 6.74. The number of nitrogens with zero attached hydrogens (tertiary/aromatic N) is 1. The first kappa shape index (κ1) is 8.99. The molecule has 1 heterocycles. The molecule has 0 saturated heterocycles. The van der Waals surface area contributed by atoms with Crippen molar-refractivity contribution in [3.8, 4) is 0 Å². The molecule has 0 unspecified atom stereocenters. The van der Waals surface area contributed by atoms with Gasteiger partial charge in [-0.2, -0.15) is 0 Å². The predicted octanol–water partition coefficient (Wildman–Crippen LogP) is 1.12. The van der Waals surface area contributed by atoms with Gasteiger partial charge in [0, 0.05) is 18.1 Å². The molecule has 0 radical (unpaired) electrons. The van der Waals surface area contributed by atoms with Crippen LogP contribution in [-0.2, 0) is 9.53 Å². The van der Waals surface area contributed by atoms with E-state index in [-0.39, 0.29) is 5.97 Å². The number of thiazole rings is 1. The molecule has 66 valence electrons. The first-order valence-corrected chi connectivity index (χ1v) is 4.41. The van der Waals surface area contributed by atoms with Crippen LogP contribution in [0.15, 0.2) is 11.6 Å². The maximum Gasteiger partial charge on any atom is 0.307 e. The van der Waals surface area contributed by atoms with E-state index in [0.29, 0.717) is 13.0 Å². The van der Waals surface area contributed by atoms with Gasteiger partial charge in [0.15, 0.2) is 5.13 Å². The van der Waals surface area contributed by atoms with Crippen molar-refractivity contribution in [1.29, 1.82) is 0 Å². The van der Waals surface area contributed by atoms with Crippen LogP contribution in [0.1, 0.15) is 6.42 Å². The van der Waals surface area contributed by atoms with Gasteiger partial charge in [-0.05, 0) is 0 Å². The Kier molecular flexibility index (Phi) is 3.53. The van der Waals surface area contributed by atoms with Crippen LogP contribution in [0, 0.1) is 0 Å². The summed E-state index contributed by atoms with van der Waals surface area (Å²) in [6.45, 7) is 0.570. The van der Waals surface area contributed by atoms with Crippen molar-refractivity contribution in [2.75, 3.05) is 19.0 Å². The third kappa shape index (κ3) is 2.87. The van der Waals surface area contributed by atoms with E-state index in [9.17, 15) is 4.79 Å². The molecular formula is C7H10N2O2S. The summed E-state index contributed by atoms with van der Waals surface area (Å²) in [5.74, 6) is -0.209. The number of aromatic nitrogens is 1. The van der Waals surface area contributed by atoms with E-state index in [0.717, 1.165) is 5.13 Å². The Balaban J connectivity index is 2.15. The maximum atomic E-state index is 10.7. The van der Waals surface area contributed by atoms with Gasteiger partial charge < -0.3 is 10.1 Å². The van der Waals surface area contributed by atoms with E-state index in [4.69, 9.17) is 0 Å². The molecule has 1 N–H and O–H groups in total. The van der Waals surface area contributed by atoms with Gasteiger partial charge in [-0.25, -0.2) is 4.98 Å². The molecule has 0 fully saturated rings. The van der Waals surface area contributed by atoms with Crippen molar-refractivity contribution in [3.05, 3.63) is 11.6 Å². The SMILES string of the molecule is COC(=O)CCNc1nccs1. The number of hydrogen-bond donors (Lipinski definition) is 1. The second kappa shape index (κ2) is 4.71. The molecule has 0 atom stereocenters. The van der Waals surface area contributed by atoms with Gasteiger partial charge in [0.05, 0.1) is 13.5 Å². The number of carbonyl (C=O) groups excluding carboxylic acids is 1. The Morgan fingerprint density at radius 2 is 2.67 bits per heavy atom. The van der Waals surface area contributed by atoms with E-state index in [1.165, 1.54) is 18.4 Å². The summed E-state index contributed by atoms with van der Waals surface area (Å²) in [5.41, 5.74) is 0. The Labute approximate surface area is 74.6 Å². The van der Waals surface area contributed by atoms with Crippen LogP contribution in [0.2, 0.25) is 0 Å². The van der Waals surface area contributed by atoms with E-state index >= 15 is 0 Å². The van der Waals surface area contributed by atoms with Crippen molar-refractivity contribution in [2.24, 2.45) is 0 Å². The first-order valence-electron chi connectivity index (χ1n) is 3.53. The summed E-state index contributed by atoms with van der Waals surface area (Å²) in [5, 5.41) is 5.70. The maximum absolute atomic E-state index is 10.7. The summed E-state index contributed by atoms with van der Waals surface area (Å²) < 4.78 is 4.47. The van der Waals surface area contributed by atoms with Gasteiger partial charge in [-0.1, -0.05) is 0 Å². The molecule has 0 saturated carbocycles. The lowest BCUT2D eigenvalue weighted by atomic mass is 10.4. The van der Waals surface area contributed by atoms with Gasteiger partial charge in [-0.15, -0.1) is 11.3 Å². The van der Waals surface area contributed by atoms with Crippen LogP contribution >= 0.6 is 11.3 Å². The van der Waals surface area contributed by atoms with Gasteiger partial charge in [0.1, 0.15) is 0 Å². The first-order chi connectivity index (χ1) is 5.83. The molecule has 0 spiro atoms. The normalized spacial score (nSPS) is 9.42. The second-order valence-corrected chi connectivity index (χ2v) is 2.98. The van der Waals surface area contributed by atoms with Crippen molar-refractivity contribution < 1.29 is 9.53 Å². The van der Waals surface area contributed by atoms with Crippen LogP contribution in [0.4, 0.5) is 5.13 Å². The molecule has 12 heavy (non-hydrogen) atoms. The highest BCUT2D eigenvalue weighted by Gasteiger charge is 1.99. The van der Waals surface area contributed by atoms with Crippen molar-refractivity contribution in [1.82, 2.24) is 4.98 Å². The largest absolute Gasteiger partial charge is 0.469 e.